The number of benzene rings is 2. The lowest BCUT2D eigenvalue weighted by Gasteiger charge is -2.42. The molecule has 2 fully saturated rings. The molecule has 0 bridgehead atoms. The Bertz CT molecular complexity index is 1000. The lowest BCUT2D eigenvalue weighted by molar-refractivity contribution is -0.159. The number of piperazine rings is 1. The predicted octanol–water partition coefficient (Wildman–Crippen LogP) is 3.71. The van der Waals surface area contributed by atoms with E-state index in [1.165, 1.54) is 31.2 Å². The van der Waals surface area contributed by atoms with Crippen molar-refractivity contribution >= 4 is 11.9 Å². The molecule has 9 nitrogen and oxygen atoms in total. The highest BCUT2D eigenvalue weighted by Crippen LogP contribution is 2.40. The van der Waals surface area contributed by atoms with Crippen molar-refractivity contribution in [1.82, 2.24) is 9.80 Å². The minimum absolute atomic E-state index is 0.677. The van der Waals surface area contributed by atoms with Crippen molar-refractivity contribution in [2.75, 3.05) is 47.5 Å². The van der Waals surface area contributed by atoms with Gasteiger partial charge < -0.3 is 24.4 Å². The van der Waals surface area contributed by atoms with Gasteiger partial charge in [-0.05, 0) is 43.2 Å². The fourth-order valence-corrected chi connectivity index (χ4v) is 5.31. The molecule has 37 heavy (non-hydrogen) atoms. The topological polar surface area (TPSA) is 109 Å². The molecule has 1 saturated heterocycles. The van der Waals surface area contributed by atoms with Crippen LogP contribution in [0.25, 0.3) is 0 Å². The van der Waals surface area contributed by atoms with Gasteiger partial charge in [-0.2, -0.15) is 0 Å². The minimum Gasteiger partial charge on any atom is -0.493 e. The lowest BCUT2D eigenvalue weighted by Crippen LogP contribution is -2.50. The number of hydrogen-bond acceptors (Lipinski definition) is 7. The van der Waals surface area contributed by atoms with E-state index in [-0.39, 0.29) is 0 Å². The van der Waals surface area contributed by atoms with Crippen molar-refractivity contribution in [1.29, 1.82) is 0 Å². The molecule has 9 heteroatoms. The highest BCUT2D eigenvalue weighted by Gasteiger charge is 2.29. The largest absolute Gasteiger partial charge is 0.493 e. The highest BCUT2D eigenvalue weighted by atomic mass is 16.5. The van der Waals surface area contributed by atoms with Crippen LogP contribution < -0.4 is 14.2 Å². The van der Waals surface area contributed by atoms with Crippen LogP contribution in [-0.2, 0) is 16.1 Å². The van der Waals surface area contributed by atoms with E-state index < -0.39 is 11.9 Å². The molecule has 202 valence electrons. The zero-order valence-corrected chi connectivity index (χ0v) is 21.9. The Hall–Kier alpha value is -3.30. The maximum absolute atomic E-state index is 9.10. The van der Waals surface area contributed by atoms with Crippen LogP contribution in [0.4, 0.5) is 0 Å². The van der Waals surface area contributed by atoms with Crippen LogP contribution in [-0.4, -0.2) is 85.5 Å². The van der Waals surface area contributed by atoms with E-state index in [0.717, 1.165) is 56.0 Å². The normalized spacial score (nSPS) is 20.3. The number of carbonyl (C=O) groups is 2. The summed E-state index contributed by atoms with van der Waals surface area (Å²) in [4.78, 5) is 23.4. The summed E-state index contributed by atoms with van der Waals surface area (Å²) in [6, 6.07) is 15.9. The summed E-state index contributed by atoms with van der Waals surface area (Å²) in [6.45, 7) is 5.36. The molecule has 2 N–H and O–H groups in total. The van der Waals surface area contributed by atoms with E-state index >= 15 is 0 Å². The van der Waals surface area contributed by atoms with Crippen LogP contribution >= 0.6 is 0 Å². The second kappa shape index (κ2) is 13.9. The Labute approximate surface area is 218 Å². The molecule has 1 heterocycles. The molecule has 0 spiro atoms. The molecule has 0 unspecified atom stereocenters. The first-order valence-corrected chi connectivity index (χ1v) is 12.6. The smallest absolute Gasteiger partial charge is 0.414 e. The third-order valence-corrected chi connectivity index (χ3v) is 7.25. The average Bonchev–Trinajstić information content (AvgIpc) is 2.94. The molecular formula is C28H38N2O7. The van der Waals surface area contributed by atoms with Crippen LogP contribution in [0, 0.1) is 0 Å². The summed E-state index contributed by atoms with van der Waals surface area (Å²) in [5.74, 6) is -0.736. The number of carboxylic acids is 2. The van der Waals surface area contributed by atoms with E-state index in [1.807, 2.05) is 6.07 Å². The van der Waals surface area contributed by atoms with E-state index in [2.05, 4.69) is 46.2 Å². The molecule has 0 radical (unpaired) electrons. The van der Waals surface area contributed by atoms with Crippen molar-refractivity contribution < 1.29 is 34.0 Å². The van der Waals surface area contributed by atoms with Crippen LogP contribution in [0.2, 0.25) is 0 Å². The second-order valence-corrected chi connectivity index (χ2v) is 9.33. The number of hydrogen-bond donors (Lipinski definition) is 2. The van der Waals surface area contributed by atoms with Gasteiger partial charge in [0.05, 0.1) is 21.3 Å². The van der Waals surface area contributed by atoms with Gasteiger partial charge in [0.2, 0.25) is 5.75 Å². The molecule has 1 saturated carbocycles. The van der Waals surface area contributed by atoms with Gasteiger partial charge in [0.1, 0.15) is 0 Å². The van der Waals surface area contributed by atoms with Crippen molar-refractivity contribution in [3.63, 3.8) is 0 Å². The van der Waals surface area contributed by atoms with E-state index in [4.69, 9.17) is 34.0 Å². The SMILES string of the molecule is COc1ccc(CN2CCN(C3CCC(c4ccccc4)CC3)CC2)c(OC)c1OC.O=C(O)C(=O)O. The van der Waals surface area contributed by atoms with Gasteiger partial charge in [0.25, 0.3) is 0 Å². The maximum Gasteiger partial charge on any atom is 0.414 e. The first kappa shape index (κ1) is 28.3. The van der Waals surface area contributed by atoms with Gasteiger partial charge in [-0.3, -0.25) is 9.80 Å². The zero-order chi connectivity index (χ0) is 26.8. The number of methoxy groups -OCH3 is 3. The zero-order valence-electron chi connectivity index (χ0n) is 21.9. The predicted molar refractivity (Wildman–Crippen MR) is 140 cm³/mol. The fraction of sp³-hybridized carbons (Fsp3) is 0.500. The molecule has 2 aromatic carbocycles. The van der Waals surface area contributed by atoms with Gasteiger partial charge in [0, 0.05) is 44.3 Å². The Morgan fingerprint density at radius 2 is 1.38 bits per heavy atom. The van der Waals surface area contributed by atoms with Crippen LogP contribution in [0.3, 0.4) is 0 Å². The van der Waals surface area contributed by atoms with E-state index in [9.17, 15) is 0 Å². The van der Waals surface area contributed by atoms with Gasteiger partial charge in [-0.15, -0.1) is 0 Å². The molecule has 2 aromatic rings. The Balaban J connectivity index is 0.000000568. The van der Waals surface area contributed by atoms with E-state index in [1.54, 1.807) is 21.3 Å². The van der Waals surface area contributed by atoms with Crippen LogP contribution in [0.15, 0.2) is 42.5 Å². The summed E-state index contributed by atoms with van der Waals surface area (Å²) in [6.07, 6.45) is 5.28. The third-order valence-electron chi connectivity index (χ3n) is 7.25. The summed E-state index contributed by atoms with van der Waals surface area (Å²) in [5.41, 5.74) is 2.67. The van der Waals surface area contributed by atoms with Gasteiger partial charge in [0.15, 0.2) is 11.5 Å². The molecule has 4 rings (SSSR count). The highest BCUT2D eigenvalue weighted by molar-refractivity contribution is 6.27. The second-order valence-electron chi connectivity index (χ2n) is 9.33. The Kier molecular flexibility index (Phi) is 10.6. The molecule has 0 aromatic heterocycles. The first-order chi connectivity index (χ1) is 17.9. The summed E-state index contributed by atoms with van der Waals surface area (Å²) >= 11 is 0. The number of carboxylic acid groups (broad SMARTS) is 2. The van der Waals surface area contributed by atoms with Crippen molar-refractivity contribution in [2.24, 2.45) is 0 Å². The first-order valence-electron chi connectivity index (χ1n) is 12.6. The molecule has 2 aliphatic rings. The number of aliphatic carboxylic acids is 2. The van der Waals surface area contributed by atoms with Crippen LogP contribution in [0.5, 0.6) is 17.2 Å². The minimum atomic E-state index is -1.82. The summed E-state index contributed by atoms with van der Waals surface area (Å²) in [5, 5.41) is 14.8. The Morgan fingerprint density at radius 1 is 0.784 bits per heavy atom. The quantitative estimate of drug-likeness (QED) is 0.535. The van der Waals surface area contributed by atoms with Gasteiger partial charge >= 0.3 is 11.9 Å². The van der Waals surface area contributed by atoms with Gasteiger partial charge in [-0.25, -0.2) is 9.59 Å². The lowest BCUT2D eigenvalue weighted by atomic mass is 9.81. The standard InChI is InChI=1S/C26H36N2O3.C2H2O4/c1-29-24-14-11-22(25(30-2)26(24)31-3)19-27-15-17-28(18-16-27)23-12-9-21(10-13-23)20-7-5-4-6-8-20;3-1(4)2(5)6/h4-8,11,14,21,23H,9-10,12-13,15-19H2,1-3H3;(H,3,4)(H,5,6). The monoisotopic (exact) mass is 514 g/mol. The fourth-order valence-electron chi connectivity index (χ4n) is 5.31. The molecule has 1 aliphatic heterocycles. The average molecular weight is 515 g/mol. The third kappa shape index (κ3) is 7.60. The van der Waals surface area contributed by atoms with Gasteiger partial charge in [-0.1, -0.05) is 36.4 Å². The maximum atomic E-state index is 9.10. The van der Waals surface area contributed by atoms with Crippen molar-refractivity contribution in [2.45, 2.75) is 44.2 Å². The summed E-state index contributed by atoms with van der Waals surface area (Å²) < 4.78 is 16.6. The number of ether oxygens (including phenoxy) is 3. The number of nitrogens with zero attached hydrogens (tertiary/aromatic N) is 2. The molecule has 0 amide bonds. The van der Waals surface area contributed by atoms with E-state index in [0.29, 0.717) is 11.5 Å². The number of rotatable bonds is 7. The van der Waals surface area contributed by atoms with Crippen molar-refractivity contribution in [3.8, 4) is 17.2 Å². The molecule has 0 atom stereocenters. The summed E-state index contributed by atoms with van der Waals surface area (Å²) in [7, 11) is 5.02. The van der Waals surface area contributed by atoms with Crippen LogP contribution in [0.1, 0.15) is 42.7 Å². The molecule has 1 aliphatic carbocycles. The molecular weight excluding hydrogens is 476 g/mol. The Morgan fingerprint density at radius 3 is 1.89 bits per heavy atom. The van der Waals surface area contributed by atoms with Crippen molar-refractivity contribution in [3.05, 3.63) is 53.6 Å².